The Hall–Kier alpha value is -1.39. The SMILES string of the molecule is CCOCCN(C)c1ncc(-c2ccccc2)s1. The van der Waals surface area contributed by atoms with Crippen LogP contribution in [0.2, 0.25) is 0 Å². The molecular weight excluding hydrogens is 244 g/mol. The number of hydrogen-bond donors (Lipinski definition) is 0. The fraction of sp³-hybridized carbons (Fsp3) is 0.357. The molecule has 2 rings (SSSR count). The van der Waals surface area contributed by atoms with Gasteiger partial charge in [-0.25, -0.2) is 4.98 Å². The number of thiazole rings is 1. The molecule has 0 saturated carbocycles. The van der Waals surface area contributed by atoms with E-state index in [0.717, 1.165) is 24.9 Å². The molecule has 0 amide bonds. The van der Waals surface area contributed by atoms with E-state index in [4.69, 9.17) is 4.74 Å². The first-order valence-corrected chi connectivity index (χ1v) is 6.93. The van der Waals surface area contributed by atoms with E-state index in [0.29, 0.717) is 0 Å². The number of rotatable bonds is 6. The summed E-state index contributed by atoms with van der Waals surface area (Å²) in [6.07, 6.45) is 1.94. The van der Waals surface area contributed by atoms with E-state index in [1.807, 2.05) is 38.4 Å². The lowest BCUT2D eigenvalue weighted by atomic mass is 10.2. The van der Waals surface area contributed by atoms with Gasteiger partial charge in [-0.05, 0) is 12.5 Å². The zero-order chi connectivity index (χ0) is 12.8. The van der Waals surface area contributed by atoms with Crippen molar-refractivity contribution in [3.63, 3.8) is 0 Å². The Balaban J connectivity index is 2.02. The molecule has 96 valence electrons. The largest absolute Gasteiger partial charge is 0.380 e. The minimum atomic E-state index is 0.743. The summed E-state index contributed by atoms with van der Waals surface area (Å²) in [5.74, 6) is 0. The molecule has 0 fully saturated rings. The van der Waals surface area contributed by atoms with Crippen LogP contribution >= 0.6 is 11.3 Å². The first-order valence-electron chi connectivity index (χ1n) is 6.11. The number of benzene rings is 1. The smallest absolute Gasteiger partial charge is 0.185 e. The minimum Gasteiger partial charge on any atom is -0.380 e. The third-order valence-corrected chi connectivity index (χ3v) is 3.81. The van der Waals surface area contributed by atoms with Crippen LogP contribution in [0.15, 0.2) is 36.5 Å². The number of likely N-dealkylation sites (N-methyl/N-ethyl adjacent to an activating group) is 1. The maximum absolute atomic E-state index is 5.35. The number of aromatic nitrogens is 1. The van der Waals surface area contributed by atoms with E-state index in [-0.39, 0.29) is 0 Å². The highest BCUT2D eigenvalue weighted by Crippen LogP contribution is 2.30. The number of nitrogens with zero attached hydrogens (tertiary/aromatic N) is 2. The van der Waals surface area contributed by atoms with Crippen LogP contribution in [0.3, 0.4) is 0 Å². The molecule has 4 heteroatoms. The van der Waals surface area contributed by atoms with Crippen LogP contribution in [0, 0.1) is 0 Å². The van der Waals surface area contributed by atoms with Crippen molar-refractivity contribution in [3.8, 4) is 10.4 Å². The number of ether oxygens (including phenoxy) is 1. The summed E-state index contributed by atoms with van der Waals surface area (Å²) in [4.78, 5) is 7.79. The molecule has 0 spiro atoms. The summed E-state index contributed by atoms with van der Waals surface area (Å²) in [5, 5.41) is 1.04. The van der Waals surface area contributed by atoms with Gasteiger partial charge in [0.2, 0.25) is 0 Å². The summed E-state index contributed by atoms with van der Waals surface area (Å²) in [5.41, 5.74) is 1.22. The van der Waals surface area contributed by atoms with Crippen LogP contribution in [0.5, 0.6) is 0 Å². The number of anilines is 1. The van der Waals surface area contributed by atoms with Gasteiger partial charge in [0.05, 0.1) is 11.5 Å². The molecule has 0 saturated heterocycles. The minimum absolute atomic E-state index is 0.743. The average molecular weight is 262 g/mol. The van der Waals surface area contributed by atoms with Crippen LogP contribution < -0.4 is 4.90 Å². The van der Waals surface area contributed by atoms with Gasteiger partial charge in [-0.1, -0.05) is 41.7 Å². The van der Waals surface area contributed by atoms with E-state index >= 15 is 0 Å². The predicted molar refractivity (Wildman–Crippen MR) is 77.3 cm³/mol. The standard InChI is InChI=1S/C14H18N2OS/c1-3-17-10-9-16(2)14-15-11-13(18-14)12-7-5-4-6-8-12/h4-8,11H,3,9-10H2,1-2H3. The maximum atomic E-state index is 5.35. The molecule has 0 N–H and O–H groups in total. The normalized spacial score (nSPS) is 10.6. The fourth-order valence-corrected chi connectivity index (χ4v) is 2.53. The van der Waals surface area contributed by atoms with Crippen molar-refractivity contribution in [2.24, 2.45) is 0 Å². The molecule has 1 heterocycles. The van der Waals surface area contributed by atoms with Crippen LogP contribution in [0.1, 0.15) is 6.92 Å². The Labute approximate surface area is 112 Å². The molecule has 0 aliphatic rings. The predicted octanol–water partition coefficient (Wildman–Crippen LogP) is 3.28. The molecule has 18 heavy (non-hydrogen) atoms. The monoisotopic (exact) mass is 262 g/mol. The van der Waals surface area contributed by atoms with Crippen molar-refractivity contribution < 1.29 is 4.74 Å². The highest BCUT2D eigenvalue weighted by molar-refractivity contribution is 7.18. The second-order valence-electron chi connectivity index (χ2n) is 3.99. The van der Waals surface area contributed by atoms with Gasteiger partial charge in [-0.15, -0.1) is 0 Å². The van der Waals surface area contributed by atoms with Gasteiger partial charge in [0.25, 0.3) is 0 Å². The zero-order valence-corrected chi connectivity index (χ0v) is 11.6. The molecule has 1 aromatic carbocycles. The molecule has 2 aromatic rings. The highest BCUT2D eigenvalue weighted by Gasteiger charge is 2.07. The van der Waals surface area contributed by atoms with Crippen LogP contribution in [-0.2, 0) is 4.74 Å². The Bertz CT molecular complexity index is 470. The van der Waals surface area contributed by atoms with Crippen molar-refractivity contribution in [1.29, 1.82) is 0 Å². The molecule has 0 aliphatic carbocycles. The zero-order valence-electron chi connectivity index (χ0n) is 10.8. The highest BCUT2D eigenvalue weighted by atomic mass is 32.1. The topological polar surface area (TPSA) is 25.4 Å². The van der Waals surface area contributed by atoms with E-state index in [9.17, 15) is 0 Å². The van der Waals surface area contributed by atoms with E-state index in [2.05, 4.69) is 22.0 Å². The number of hydrogen-bond acceptors (Lipinski definition) is 4. The Kier molecular flexibility index (Phi) is 4.73. The van der Waals surface area contributed by atoms with Crippen LogP contribution in [0.25, 0.3) is 10.4 Å². The van der Waals surface area contributed by atoms with Gasteiger partial charge >= 0.3 is 0 Å². The Morgan fingerprint density at radius 1 is 1.28 bits per heavy atom. The lowest BCUT2D eigenvalue weighted by molar-refractivity contribution is 0.154. The molecule has 1 aromatic heterocycles. The van der Waals surface area contributed by atoms with Gasteiger partial charge in [0.15, 0.2) is 5.13 Å². The van der Waals surface area contributed by atoms with Gasteiger partial charge in [-0.2, -0.15) is 0 Å². The van der Waals surface area contributed by atoms with Gasteiger partial charge in [-0.3, -0.25) is 0 Å². The lowest BCUT2D eigenvalue weighted by Gasteiger charge is -2.14. The van der Waals surface area contributed by atoms with Gasteiger partial charge < -0.3 is 9.64 Å². The van der Waals surface area contributed by atoms with Crippen molar-refractivity contribution in [3.05, 3.63) is 36.5 Å². The molecule has 3 nitrogen and oxygen atoms in total. The van der Waals surface area contributed by atoms with Crippen LogP contribution in [-0.4, -0.2) is 31.8 Å². The molecular formula is C14H18N2OS. The summed E-state index contributed by atoms with van der Waals surface area (Å²) in [6.45, 7) is 4.39. The van der Waals surface area contributed by atoms with E-state index < -0.39 is 0 Å². The van der Waals surface area contributed by atoms with Crippen molar-refractivity contribution in [2.45, 2.75) is 6.92 Å². The van der Waals surface area contributed by atoms with Crippen molar-refractivity contribution in [1.82, 2.24) is 4.98 Å². The first kappa shape index (κ1) is 13.1. The second-order valence-corrected chi connectivity index (χ2v) is 5.00. The average Bonchev–Trinajstić information content (AvgIpc) is 2.89. The molecule has 0 atom stereocenters. The van der Waals surface area contributed by atoms with Crippen molar-refractivity contribution >= 4 is 16.5 Å². The van der Waals surface area contributed by atoms with Gasteiger partial charge in [0.1, 0.15) is 0 Å². The maximum Gasteiger partial charge on any atom is 0.185 e. The van der Waals surface area contributed by atoms with Crippen LogP contribution in [0.4, 0.5) is 5.13 Å². The summed E-state index contributed by atoms with van der Waals surface area (Å²) >= 11 is 1.71. The third kappa shape index (κ3) is 3.31. The molecule has 0 unspecified atom stereocenters. The Morgan fingerprint density at radius 2 is 2.06 bits per heavy atom. The summed E-state index contributed by atoms with van der Waals surface area (Å²) in [7, 11) is 2.05. The Morgan fingerprint density at radius 3 is 2.78 bits per heavy atom. The molecule has 0 bridgehead atoms. The lowest BCUT2D eigenvalue weighted by Crippen LogP contribution is -2.22. The molecule has 0 radical (unpaired) electrons. The molecule has 0 aliphatic heterocycles. The van der Waals surface area contributed by atoms with Gasteiger partial charge in [0, 0.05) is 26.4 Å². The first-order chi connectivity index (χ1) is 8.81. The quantitative estimate of drug-likeness (QED) is 0.747. The van der Waals surface area contributed by atoms with Crippen molar-refractivity contribution in [2.75, 3.05) is 31.7 Å². The fourth-order valence-electron chi connectivity index (χ4n) is 1.62. The third-order valence-electron chi connectivity index (χ3n) is 2.65. The van der Waals surface area contributed by atoms with E-state index in [1.54, 1.807) is 11.3 Å². The summed E-state index contributed by atoms with van der Waals surface area (Å²) in [6, 6.07) is 10.3. The summed E-state index contributed by atoms with van der Waals surface area (Å²) < 4.78 is 5.35. The second kappa shape index (κ2) is 6.52. The van der Waals surface area contributed by atoms with E-state index in [1.165, 1.54) is 10.4 Å².